The van der Waals surface area contributed by atoms with Crippen LogP contribution in [0.25, 0.3) is 0 Å². The first-order chi connectivity index (χ1) is 9.18. The van der Waals surface area contributed by atoms with E-state index in [9.17, 15) is 9.59 Å². The number of carbonyl (C=O) groups excluding carboxylic acids is 2. The number of hydrogen-bond acceptors (Lipinski definition) is 3. The van der Waals surface area contributed by atoms with Gasteiger partial charge in [-0.1, -0.05) is 18.9 Å². The second-order valence-electron chi connectivity index (χ2n) is 5.15. The molecule has 0 saturated heterocycles. The third-order valence-corrected chi connectivity index (χ3v) is 3.79. The molecular weight excluding hydrogens is 240 g/mol. The van der Waals surface area contributed by atoms with E-state index in [0.29, 0.717) is 6.54 Å². The van der Waals surface area contributed by atoms with Gasteiger partial charge >= 0.3 is 0 Å². The number of ketones is 1. The maximum absolute atomic E-state index is 12.2. The van der Waals surface area contributed by atoms with Gasteiger partial charge < -0.3 is 5.32 Å². The number of amides is 1. The highest BCUT2D eigenvalue weighted by Crippen LogP contribution is 2.30. The minimum absolute atomic E-state index is 0.00875. The fourth-order valence-corrected chi connectivity index (χ4v) is 2.74. The van der Waals surface area contributed by atoms with Crippen LogP contribution in [0.1, 0.15) is 38.3 Å². The first kappa shape index (κ1) is 13.7. The largest absolute Gasteiger partial charge is 0.350 e. The number of hydrogen-bond donors (Lipinski definition) is 1. The van der Waals surface area contributed by atoms with E-state index >= 15 is 0 Å². The molecule has 4 heteroatoms. The van der Waals surface area contributed by atoms with Crippen LogP contribution in [-0.4, -0.2) is 16.7 Å². The summed E-state index contributed by atoms with van der Waals surface area (Å²) in [6.45, 7) is 2.02. The van der Waals surface area contributed by atoms with Crippen LogP contribution in [0.3, 0.4) is 0 Å². The molecule has 1 aromatic rings. The number of pyridine rings is 1. The smallest absolute Gasteiger partial charge is 0.224 e. The first-order valence-corrected chi connectivity index (χ1v) is 6.86. The number of aromatic nitrogens is 1. The Kier molecular flexibility index (Phi) is 4.66. The van der Waals surface area contributed by atoms with Crippen LogP contribution in [-0.2, 0) is 16.1 Å². The van der Waals surface area contributed by atoms with Crippen molar-refractivity contribution in [1.82, 2.24) is 10.3 Å². The Labute approximate surface area is 113 Å². The molecule has 2 rings (SSSR count). The van der Waals surface area contributed by atoms with Crippen molar-refractivity contribution >= 4 is 11.7 Å². The predicted molar refractivity (Wildman–Crippen MR) is 72.2 cm³/mol. The highest BCUT2D eigenvalue weighted by atomic mass is 16.2. The van der Waals surface area contributed by atoms with Crippen LogP contribution in [0.5, 0.6) is 0 Å². The minimum Gasteiger partial charge on any atom is -0.350 e. The van der Waals surface area contributed by atoms with Crippen molar-refractivity contribution in [3.05, 3.63) is 30.1 Å². The fourth-order valence-electron chi connectivity index (χ4n) is 2.74. The highest BCUT2D eigenvalue weighted by molar-refractivity contribution is 5.87. The molecule has 1 amide bonds. The molecule has 1 unspecified atom stereocenters. The van der Waals surface area contributed by atoms with Gasteiger partial charge in [-0.2, -0.15) is 0 Å². The number of nitrogens with zero attached hydrogens (tertiary/aromatic N) is 1. The maximum atomic E-state index is 12.2. The standard InChI is InChI=1S/C15H20N2O2/c1-11(18)13-7-2-3-8-14(13)15(19)17-10-12-6-4-5-9-16-12/h4-6,9,13-14H,2-3,7-8,10H2,1H3,(H,17,19)/t13?,14-/m1/s1. The molecule has 1 saturated carbocycles. The molecule has 102 valence electrons. The zero-order valence-electron chi connectivity index (χ0n) is 11.3. The minimum atomic E-state index is -0.157. The lowest BCUT2D eigenvalue weighted by molar-refractivity contribution is -0.134. The normalized spacial score (nSPS) is 22.8. The summed E-state index contributed by atoms with van der Waals surface area (Å²) in [7, 11) is 0. The molecule has 1 aliphatic carbocycles. The lowest BCUT2D eigenvalue weighted by Gasteiger charge is -2.28. The topological polar surface area (TPSA) is 59.1 Å². The van der Waals surface area contributed by atoms with E-state index in [0.717, 1.165) is 31.4 Å². The number of carbonyl (C=O) groups is 2. The van der Waals surface area contributed by atoms with Gasteiger partial charge in [-0.05, 0) is 31.9 Å². The highest BCUT2D eigenvalue weighted by Gasteiger charge is 2.33. The summed E-state index contributed by atoms with van der Waals surface area (Å²) in [5, 5.41) is 2.90. The van der Waals surface area contributed by atoms with Gasteiger partial charge in [0, 0.05) is 18.0 Å². The van der Waals surface area contributed by atoms with Crippen LogP contribution >= 0.6 is 0 Å². The quantitative estimate of drug-likeness (QED) is 0.901. The van der Waals surface area contributed by atoms with Gasteiger partial charge in [0.05, 0.1) is 12.2 Å². The van der Waals surface area contributed by atoms with E-state index in [2.05, 4.69) is 10.3 Å². The molecule has 0 aliphatic heterocycles. The summed E-state index contributed by atoms with van der Waals surface area (Å²) in [6, 6.07) is 5.62. The average molecular weight is 260 g/mol. The van der Waals surface area contributed by atoms with Gasteiger partial charge in [0.1, 0.15) is 5.78 Å². The molecule has 1 aliphatic rings. The molecule has 0 aromatic carbocycles. The number of nitrogens with one attached hydrogen (secondary N) is 1. The SMILES string of the molecule is CC(=O)C1CCCC[C@H]1C(=O)NCc1ccccn1. The number of rotatable bonds is 4. The zero-order chi connectivity index (χ0) is 13.7. The second kappa shape index (κ2) is 6.45. The fraction of sp³-hybridized carbons (Fsp3) is 0.533. The molecule has 0 spiro atoms. The van der Waals surface area contributed by atoms with Crippen molar-refractivity contribution in [3.63, 3.8) is 0 Å². The van der Waals surface area contributed by atoms with Crippen molar-refractivity contribution in [2.24, 2.45) is 11.8 Å². The van der Waals surface area contributed by atoms with Crippen molar-refractivity contribution < 1.29 is 9.59 Å². The molecule has 0 radical (unpaired) electrons. The average Bonchev–Trinajstić information content (AvgIpc) is 2.46. The van der Waals surface area contributed by atoms with Crippen LogP contribution in [0.2, 0.25) is 0 Å². The molecule has 2 atom stereocenters. The van der Waals surface area contributed by atoms with Crippen molar-refractivity contribution in [2.75, 3.05) is 0 Å². The van der Waals surface area contributed by atoms with Gasteiger partial charge in [-0.15, -0.1) is 0 Å². The number of Topliss-reactive ketones (excluding diaryl/α,β-unsaturated/α-hetero) is 1. The van der Waals surface area contributed by atoms with Crippen molar-refractivity contribution in [1.29, 1.82) is 0 Å². The van der Waals surface area contributed by atoms with Gasteiger partial charge in [0.25, 0.3) is 0 Å². The molecule has 1 N–H and O–H groups in total. The summed E-state index contributed by atoms with van der Waals surface area (Å²) < 4.78 is 0. The summed E-state index contributed by atoms with van der Waals surface area (Å²) in [4.78, 5) is 28.0. The maximum Gasteiger partial charge on any atom is 0.224 e. The van der Waals surface area contributed by atoms with Crippen LogP contribution in [0, 0.1) is 11.8 Å². The molecule has 19 heavy (non-hydrogen) atoms. The molecule has 1 heterocycles. The van der Waals surface area contributed by atoms with Gasteiger partial charge in [0.15, 0.2) is 0 Å². The van der Waals surface area contributed by atoms with Crippen molar-refractivity contribution in [3.8, 4) is 0 Å². The lowest BCUT2D eigenvalue weighted by atomic mass is 9.77. The molecular formula is C15H20N2O2. The van der Waals surface area contributed by atoms with Crippen molar-refractivity contribution in [2.45, 2.75) is 39.2 Å². The lowest BCUT2D eigenvalue weighted by Crippen LogP contribution is -2.39. The second-order valence-corrected chi connectivity index (χ2v) is 5.15. The van der Waals surface area contributed by atoms with Crippen LogP contribution < -0.4 is 5.32 Å². The van der Waals surface area contributed by atoms with E-state index in [-0.39, 0.29) is 23.5 Å². The van der Waals surface area contributed by atoms with Gasteiger partial charge in [0.2, 0.25) is 5.91 Å². The van der Waals surface area contributed by atoms with E-state index in [1.165, 1.54) is 0 Å². The Balaban J connectivity index is 1.93. The van der Waals surface area contributed by atoms with Gasteiger partial charge in [-0.3, -0.25) is 14.6 Å². The van der Waals surface area contributed by atoms with E-state index < -0.39 is 0 Å². The Morgan fingerprint density at radius 1 is 1.26 bits per heavy atom. The summed E-state index contributed by atoms with van der Waals surface area (Å²) in [5.74, 6) is -0.129. The molecule has 4 nitrogen and oxygen atoms in total. The summed E-state index contributed by atoms with van der Waals surface area (Å²) in [6.07, 6.45) is 5.45. The Morgan fingerprint density at radius 2 is 2.00 bits per heavy atom. The Hall–Kier alpha value is -1.71. The first-order valence-electron chi connectivity index (χ1n) is 6.86. The third-order valence-electron chi connectivity index (χ3n) is 3.79. The third kappa shape index (κ3) is 3.63. The Morgan fingerprint density at radius 3 is 2.63 bits per heavy atom. The molecule has 1 fully saturated rings. The van der Waals surface area contributed by atoms with E-state index in [1.54, 1.807) is 13.1 Å². The Bertz CT molecular complexity index is 445. The molecule has 1 aromatic heterocycles. The summed E-state index contributed by atoms with van der Waals surface area (Å²) >= 11 is 0. The predicted octanol–water partition coefficient (Wildman–Crippen LogP) is 2.09. The van der Waals surface area contributed by atoms with Crippen LogP contribution in [0.4, 0.5) is 0 Å². The zero-order valence-corrected chi connectivity index (χ0v) is 11.3. The van der Waals surface area contributed by atoms with Crippen LogP contribution in [0.15, 0.2) is 24.4 Å². The summed E-state index contributed by atoms with van der Waals surface area (Å²) in [5.41, 5.74) is 0.839. The monoisotopic (exact) mass is 260 g/mol. The van der Waals surface area contributed by atoms with Gasteiger partial charge in [-0.25, -0.2) is 0 Å². The molecule has 0 bridgehead atoms. The van der Waals surface area contributed by atoms with E-state index in [1.807, 2.05) is 18.2 Å². The van der Waals surface area contributed by atoms with E-state index in [4.69, 9.17) is 0 Å².